The maximum absolute atomic E-state index is 13.6. The molecule has 1 aromatic carbocycles. The predicted octanol–water partition coefficient (Wildman–Crippen LogP) is 3.43. The molecule has 0 bridgehead atoms. The maximum Gasteiger partial charge on any atom is 0.160 e. The second-order valence-electron chi connectivity index (χ2n) is 3.35. The predicted molar refractivity (Wildman–Crippen MR) is 54.1 cm³/mol. The van der Waals surface area contributed by atoms with Crippen LogP contribution in [0.1, 0.15) is 17.3 Å². The molecule has 16 heavy (non-hydrogen) atoms. The Morgan fingerprint density at radius 3 is 2.31 bits per heavy atom. The largest absolute Gasteiger partial charge is 0.464 e. The number of carbonyl (C=O) groups is 1. The Labute approximate surface area is 90.5 Å². The van der Waals surface area contributed by atoms with Crippen LogP contribution in [0, 0.1) is 11.6 Å². The highest BCUT2D eigenvalue weighted by molar-refractivity contribution is 5.94. The van der Waals surface area contributed by atoms with Gasteiger partial charge in [-0.25, -0.2) is 8.78 Å². The van der Waals surface area contributed by atoms with Gasteiger partial charge in [0, 0.05) is 5.56 Å². The van der Waals surface area contributed by atoms with Gasteiger partial charge in [0.15, 0.2) is 5.78 Å². The molecule has 0 amide bonds. The average Bonchev–Trinajstić information content (AvgIpc) is 2.69. The van der Waals surface area contributed by atoms with Gasteiger partial charge >= 0.3 is 0 Å². The van der Waals surface area contributed by atoms with Gasteiger partial charge in [-0.2, -0.15) is 0 Å². The lowest BCUT2D eigenvalue weighted by Gasteiger charge is -2.03. The average molecular weight is 222 g/mol. The summed E-state index contributed by atoms with van der Waals surface area (Å²) in [5.74, 6) is -1.89. The van der Waals surface area contributed by atoms with E-state index in [1.807, 2.05) is 0 Å². The van der Waals surface area contributed by atoms with E-state index in [0.29, 0.717) is 0 Å². The molecule has 0 aliphatic heterocycles. The third kappa shape index (κ3) is 1.74. The topological polar surface area (TPSA) is 30.2 Å². The summed E-state index contributed by atoms with van der Waals surface area (Å²) in [5, 5.41) is 0. The third-order valence-electron chi connectivity index (χ3n) is 2.22. The fourth-order valence-electron chi connectivity index (χ4n) is 1.43. The van der Waals surface area contributed by atoms with E-state index in [4.69, 9.17) is 4.42 Å². The Hall–Kier alpha value is -1.97. The number of benzene rings is 1. The normalized spacial score (nSPS) is 10.4. The summed E-state index contributed by atoms with van der Waals surface area (Å²) in [5.41, 5.74) is -0.250. The minimum Gasteiger partial charge on any atom is -0.464 e. The lowest BCUT2D eigenvalue weighted by Crippen LogP contribution is -1.97. The fraction of sp³-hybridized carbons (Fsp3) is 0.0833. The van der Waals surface area contributed by atoms with E-state index < -0.39 is 11.6 Å². The Morgan fingerprint density at radius 2 is 1.88 bits per heavy atom. The number of Topliss-reactive ketones (excluding diaryl/α,β-unsaturated/α-hetero) is 1. The summed E-state index contributed by atoms with van der Waals surface area (Å²) in [4.78, 5) is 11.0. The molecule has 0 aliphatic rings. The zero-order chi connectivity index (χ0) is 11.7. The molecule has 2 nitrogen and oxygen atoms in total. The van der Waals surface area contributed by atoms with Crippen LogP contribution in [0.4, 0.5) is 8.78 Å². The van der Waals surface area contributed by atoms with Gasteiger partial charge in [0.2, 0.25) is 0 Å². The maximum atomic E-state index is 13.6. The summed E-state index contributed by atoms with van der Waals surface area (Å²) < 4.78 is 32.1. The zero-order valence-corrected chi connectivity index (χ0v) is 8.46. The van der Waals surface area contributed by atoms with Gasteiger partial charge in [-0.05, 0) is 31.2 Å². The number of ketones is 1. The summed E-state index contributed by atoms with van der Waals surface area (Å²) in [6, 6.07) is 4.99. The van der Waals surface area contributed by atoms with Crippen molar-refractivity contribution in [3.63, 3.8) is 0 Å². The standard InChI is InChI=1S/C12H8F2O2/c1-7(15)8-5-9(13)12(10(14)6-8)11-3-2-4-16-11/h2-6H,1H3. The molecule has 0 radical (unpaired) electrons. The number of carbonyl (C=O) groups excluding carboxylic acids is 1. The van der Waals surface area contributed by atoms with Gasteiger partial charge in [0.1, 0.15) is 17.4 Å². The zero-order valence-electron chi connectivity index (χ0n) is 8.46. The van der Waals surface area contributed by atoms with Crippen molar-refractivity contribution in [2.24, 2.45) is 0 Å². The minimum atomic E-state index is -0.805. The number of hydrogen-bond donors (Lipinski definition) is 0. The highest BCUT2D eigenvalue weighted by atomic mass is 19.1. The minimum absolute atomic E-state index is 0.00491. The molecule has 0 fully saturated rings. The van der Waals surface area contributed by atoms with Crippen LogP contribution in [0.2, 0.25) is 0 Å². The molecule has 82 valence electrons. The molecular weight excluding hydrogens is 214 g/mol. The van der Waals surface area contributed by atoms with Gasteiger partial charge in [0.25, 0.3) is 0 Å². The van der Waals surface area contributed by atoms with Gasteiger partial charge in [0.05, 0.1) is 11.8 Å². The Morgan fingerprint density at radius 1 is 1.25 bits per heavy atom. The van der Waals surface area contributed by atoms with Crippen molar-refractivity contribution in [3.8, 4) is 11.3 Å². The number of halogens is 2. The van der Waals surface area contributed by atoms with Gasteiger partial charge in [-0.15, -0.1) is 0 Å². The molecule has 1 heterocycles. The van der Waals surface area contributed by atoms with Gasteiger partial charge in [-0.1, -0.05) is 0 Å². The van der Waals surface area contributed by atoms with Crippen molar-refractivity contribution in [2.45, 2.75) is 6.92 Å². The molecule has 0 N–H and O–H groups in total. The molecular formula is C12H8F2O2. The van der Waals surface area contributed by atoms with Crippen LogP contribution in [0.5, 0.6) is 0 Å². The second-order valence-corrected chi connectivity index (χ2v) is 3.35. The molecule has 0 spiro atoms. The van der Waals surface area contributed by atoms with Gasteiger partial charge in [-0.3, -0.25) is 4.79 Å². The summed E-state index contributed by atoms with van der Waals surface area (Å²) in [6.45, 7) is 1.25. The van der Waals surface area contributed by atoms with Crippen LogP contribution >= 0.6 is 0 Å². The number of furan rings is 1. The summed E-state index contributed by atoms with van der Waals surface area (Å²) >= 11 is 0. The van der Waals surface area contributed by atoms with Crippen LogP contribution in [0.3, 0.4) is 0 Å². The van der Waals surface area contributed by atoms with Crippen molar-refractivity contribution in [3.05, 3.63) is 47.7 Å². The molecule has 0 saturated carbocycles. The number of hydrogen-bond acceptors (Lipinski definition) is 2. The Kier molecular flexibility index (Phi) is 2.56. The van der Waals surface area contributed by atoms with E-state index in [-0.39, 0.29) is 22.7 Å². The highest BCUT2D eigenvalue weighted by Crippen LogP contribution is 2.27. The Bertz CT molecular complexity index is 507. The van der Waals surface area contributed by atoms with Crippen molar-refractivity contribution in [1.29, 1.82) is 0 Å². The van der Waals surface area contributed by atoms with E-state index >= 15 is 0 Å². The fourth-order valence-corrected chi connectivity index (χ4v) is 1.43. The highest BCUT2D eigenvalue weighted by Gasteiger charge is 2.16. The summed E-state index contributed by atoms with van der Waals surface area (Å²) in [6.07, 6.45) is 1.33. The first-order valence-electron chi connectivity index (χ1n) is 4.63. The third-order valence-corrected chi connectivity index (χ3v) is 2.22. The van der Waals surface area contributed by atoms with E-state index in [2.05, 4.69) is 0 Å². The molecule has 0 aliphatic carbocycles. The monoisotopic (exact) mass is 222 g/mol. The molecule has 0 atom stereocenters. The van der Waals surface area contributed by atoms with Crippen molar-refractivity contribution in [2.75, 3.05) is 0 Å². The van der Waals surface area contributed by atoms with Gasteiger partial charge < -0.3 is 4.42 Å². The van der Waals surface area contributed by atoms with Crippen LogP contribution in [-0.4, -0.2) is 5.78 Å². The molecule has 1 aromatic heterocycles. The summed E-state index contributed by atoms with van der Waals surface area (Å²) in [7, 11) is 0. The van der Waals surface area contributed by atoms with Crippen LogP contribution < -0.4 is 0 Å². The van der Waals surface area contributed by atoms with Crippen LogP contribution in [0.25, 0.3) is 11.3 Å². The first kappa shape index (κ1) is 10.5. The second kappa shape index (κ2) is 3.89. The van der Waals surface area contributed by atoms with Crippen molar-refractivity contribution in [1.82, 2.24) is 0 Å². The van der Waals surface area contributed by atoms with Crippen molar-refractivity contribution >= 4 is 5.78 Å². The van der Waals surface area contributed by atoms with E-state index in [1.165, 1.54) is 25.3 Å². The Balaban J connectivity index is 2.61. The number of rotatable bonds is 2. The van der Waals surface area contributed by atoms with Crippen LogP contribution in [-0.2, 0) is 0 Å². The lowest BCUT2D eigenvalue weighted by molar-refractivity contribution is 0.101. The van der Waals surface area contributed by atoms with Crippen molar-refractivity contribution < 1.29 is 18.0 Å². The molecule has 2 rings (SSSR count). The molecule has 0 saturated heterocycles. The quantitative estimate of drug-likeness (QED) is 0.728. The van der Waals surface area contributed by atoms with E-state index in [9.17, 15) is 13.6 Å². The first-order valence-corrected chi connectivity index (χ1v) is 4.63. The smallest absolute Gasteiger partial charge is 0.160 e. The lowest BCUT2D eigenvalue weighted by atomic mass is 10.1. The molecule has 0 unspecified atom stereocenters. The molecule has 2 aromatic rings. The SMILES string of the molecule is CC(=O)c1cc(F)c(-c2ccco2)c(F)c1. The van der Waals surface area contributed by atoms with E-state index in [1.54, 1.807) is 0 Å². The molecule has 4 heteroatoms. The van der Waals surface area contributed by atoms with E-state index in [0.717, 1.165) is 12.1 Å². The first-order chi connectivity index (χ1) is 7.59. The van der Waals surface area contributed by atoms with Crippen LogP contribution in [0.15, 0.2) is 34.9 Å².